The van der Waals surface area contributed by atoms with Gasteiger partial charge < -0.3 is 10.1 Å². The molecule has 1 N–H and O–H groups in total. The van der Waals surface area contributed by atoms with Crippen molar-refractivity contribution in [2.24, 2.45) is 5.41 Å². The van der Waals surface area contributed by atoms with Crippen LogP contribution in [0.4, 0.5) is 0 Å². The molecule has 0 radical (unpaired) electrons. The monoisotopic (exact) mass is 326 g/mol. The number of rotatable bonds is 5. The fraction of sp³-hybridized carbons (Fsp3) is 0.600. The summed E-state index contributed by atoms with van der Waals surface area (Å²) in [6.45, 7) is 6.71. The van der Waals surface area contributed by atoms with Crippen LogP contribution < -0.4 is 10.1 Å². The van der Waals surface area contributed by atoms with Gasteiger partial charge in [0.15, 0.2) is 0 Å². The highest BCUT2D eigenvalue weighted by molar-refractivity contribution is 9.10. The lowest BCUT2D eigenvalue weighted by Crippen LogP contribution is -2.32. The highest BCUT2D eigenvalue weighted by Gasteiger charge is 2.33. The van der Waals surface area contributed by atoms with E-state index in [0.717, 1.165) is 36.4 Å². The molecule has 19 heavy (non-hydrogen) atoms. The molecule has 1 aliphatic heterocycles. The van der Waals surface area contributed by atoms with Crippen molar-refractivity contribution < 1.29 is 4.74 Å². The Morgan fingerprint density at radius 1 is 1.47 bits per heavy atom. The zero-order chi connectivity index (χ0) is 13.9. The molecule has 1 unspecified atom stereocenters. The quantitative estimate of drug-likeness (QED) is 0.900. The van der Waals surface area contributed by atoms with Gasteiger partial charge in [0.1, 0.15) is 5.75 Å². The molecule has 4 heteroatoms. The predicted octanol–water partition coefficient (Wildman–Crippen LogP) is 2.89. The van der Waals surface area contributed by atoms with Gasteiger partial charge in [-0.3, -0.25) is 4.90 Å². The summed E-state index contributed by atoms with van der Waals surface area (Å²) >= 11 is 3.54. The average Bonchev–Trinajstić information content (AvgIpc) is 2.71. The largest absolute Gasteiger partial charge is 0.496 e. The van der Waals surface area contributed by atoms with E-state index in [1.54, 1.807) is 7.11 Å². The van der Waals surface area contributed by atoms with E-state index in [1.807, 2.05) is 19.2 Å². The maximum atomic E-state index is 5.45. The highest BCUT2D eigenvalue weighted by Crippen LogP contribution is 2.32. The molecule has 0 bridgehead atoms. The van der Waals surface area contributed by atoms with Crippen LogP contribution in [0.25, 0.3) is 0 Å². The van der Waals surface area contributed by atoms with Crippen LogP contribution in [0.1, 0.15) is 18.9 Å². The third-order valence-corrected chi connectivity index (χ3v) is 4.37. The second-order valence-corrected chi connectivity index (χ2v) is 6.67. The molecule has 1 aromatic carbocycles. The molecule has 1 saturated heterocycles. The van der Waals surface area contributed by atoms with Crippen LogP contribution >= 0.6 is 15.9 Å². The number of nitrogens with one attached hydrogen (secondary N) is 1. The fourth-order valence-corrected chi connectivity index (χ4v) is 3.35. The molecule has 1 aliphatic rings. The maximum absolute atomic E-state index is 5.45. The van der Waals surface area contributed by atoms with Gasteiger partial charge in [0.05, 0.1) is 7.11 Å². The summed E-state index contributed by atoms with van der Waals surface area (Å²) in [6.07, 6.45) is 1.25. The molecule has 1 aromatic rings. The summed E-state index contributed by atoms with van der Waals surface area (Å²) in [6, 6.07) is 6.21. The van der Waals surface area contributed by atoms with E-state index in [2.05, 4.69) is 39.1 Å². The first-order valence-electron chi connectivity index (χ1n) is 6.76. The van der Waals surface area contributed by atoms with Crippen molar-refractivity contribution in [3.8, 4) is 5.75 Å². The molecule has 1 fully saturated rings. The van der Waals surface area contributed by atoms with E-state index >= 15 is 0 Å². The molecule has 0 aromatic heterocycles. The average molecular weight is 327 g/mol. The Morgan fingerprint density at radius 2 is 2.26 bits per heavy atom. The van der Waals surface area contributed by atoms with E-state index in [-0.39, 0.29) is 0 Å². The number of nitrogens with zero attached hydrogens (tertiary/aromatic N) is 1. The number of halogens is 1. The summed E-state index contributed by atoms with van der Waals surface area (Å²) in [5.41, 5.74) is 1.65. The molecule has 1 atom stereocenters. The first-order chi connectivity index (χ1) is 9.06. The summed E-state index contributed by atoms with van der Waals surface area (Å²) < 4.78 is 6.56. The van der Waals surface area contributed by atoms with E-state index < -0.39 is 0 Å². The van der Waals surface area contributed by atoms with E-state index in [9.17, 15) is 0 Å². The van der Waals surface area contributed by atoms with Crippen molar-refractivity contribution >= 4 is 15.9 Å². The SMILES string of the molecule is CNCC1(C)CCN(Cc2cc(Br)ccc2OC)C1. The highest BCUT2D eigenvalue weighted by atomic mass is 79.9. The number of benzene rings is 1. The fourth-order valence-electron chi connectivity index (χ4n) is 2.94. The number of hydrogen-bond acceptors (Lipinski definition) is 3. The lowest BCUT2D eigenvalue weighted by molar-refractivity contribution is 0.262. The predicted molar refractivity (Wildman–Crippen MR) is 82.6 cm³/mol. The van der Waals surface area contributed by atoms with Crippen molar-refractivity contribution in [1.82, 2.24) is 10.2 Å². The number of ether oxygens (including phenoxy) is 1. The van der Waals surface area contributed by atoms with E-state index in [0.29, 0.717) is 5.41 Å². The first kappa shape index (κ1) is 14.8. The Labute approximate surface area is 124 Å². The van der Waals surface area contributed by atoms with Crippen LogP contribution in [0.15, 0.2) is 22.7 Å². The molecule has 106 valence electrons. The van der Waals surface area contributed by atoms with Crippen LogP contribution in [0, 0.1) is 5.41 Å². The van der Waals surface area contributed by atoms with E-state index in [4.69, 9.17) is 4.74 Å². The Morgan fingerprint density at radius 3 is 2.95 bits per heavy atom. The van der Waals surface area contributed by atoms with Gasteiger partial charge in [0.25, 0.3) is 0 Å². The van der Waals surface area contributed by atoms with Crippen molar-refractivity contribution in [2.45, 2.75) is 19.9 Å². The van der Waals surface area contributed by atoms with Crippen molar-refractivity contribution in [2.75, 3.05) is 33.8 Å². The van der Waals surface area contributed by atoms with Gasteiger partial charge in [0, 0.05) is 29.7 Å². The van der Waals surface area contributed by atoms with Crippen LogP contribution in [0.2, 0.25) is 0 Å². The maximum Gasteiger partial charge on any atom is 0.123 e. The van der Waals surface area contributed by atoms with Crippen molar-refractivity contribution in [3.63, 3.8) is 0 Å². The molecule has 2 rings (SSSR count). The van der Waals surface area contributed by atoms with E-state index in [1.165, 1.54) is 12.0 Å². The molecule has 0 spiro atoms. The minimum Gasteiger partial charge on any atom is -0.496 e. The van der Waals surface area contributed by atoms with Gasteiger partial charge in [0.2, 0.25) is 0 Å². The summed E-state index contributed by atoms with van der Waals surface area (Å²) in [5.74, 6) is 0.977. The van der Waals surface area contributed by atoms with Crippen LogP contribution in [-0.4, -0.2) is 38.7 Å². The number of hydrogen-bond donors (Lipinski definition) is 1. The number of likely N-dealkylation sites (tertiary alicyclic amines) is 1. The van der Waals surface area contributed by atoms with Gasteiger partial charge in [-0.2, -0.15) is 0 Å². The molecular weight excluding hydrogens is 304 g/mol. The second kappa shape index (κ2) is 6.25. The van der Waals surface area contributed by atoms with Crippen LogP contribution in [-0.2, 0) is 6.54 Å². The minimum atomic E-state index is 0.397. The molecule has 0 amide bonds. The van der Waals surface area contributed by atoms with Gasteiger partial charge in [-0.25, -0.2) is 0 Å². The van der Waals surface area contributed by atoms with Crippen LogP contribution in [0.3, 0.4) is 0 Å². The molecule has 3 nitrogen and oxygen atoms in total. The molecular formula is C15H23BrN2O. The number of methoxy groups -OCH3 is 1. The smallest absolute Gasteiger partial charge is 0.123 e. The zero-order valence-corrected chi connectivity index (χ0v) is 13.6. The lowest BCUT2D eigenvalue weighted by atomic mass is 9.90. The molecule has 0 saturated carbocycles. The Hall–Kier alpha value is -0.580. The van der Waals surface area contributed by atoms with Crippen molar-refractivity contribution in [3.05, 3.63) is 28.2 Å². The molecule has 0 aliphatic carbocycles. The summed E-state index contributed by atoms with van der Waals surface area (Å²) in [7, 11) is 3.77. The first-order valence-corrected chi connectivity index (χ1v) is 7.55. The van der Waals surface area contributed by atoms with Gasteiger partial charge in [-0.1, -0.05) is 22.9 Å². The Kier molecular flexibility index (Phi) is 4.87. The second-order valence-electron chi connectivity index (χ2n) is 5.76. The lowest BCUT2D eigenvalue weighted by Gasteiger charge is -2.24. The summed E-state index contributed by atoms with van der Waals surface area (Å²) in [5, 5.41) is 3.31. The standard InChI is InChI=1S/C15H23BrN2O/c1-15(10-17-2)6-7-18(11-15)9-12-8-13(16)4-5-14(12)19-3/h4-5,8,17H,6-7,9-11H2,1-3H3. The minimum absolute atomic E-state index is 0.397. The van der Waals surface area contributed by atoms with Crippen molar-refractivity contribution in [1.29, 1.82) is 0 Å². The van der Waals surface area contributed by atoms with Gasteiger partial charge in [-0.05, 0) is 43.6 Å². The normalized spacial score (nSPS) is 23.8. The Balaban J connectivity index is 2.04. The summed E-state index contributed by atoms with van der Waals surface area (Å²) in [4.78, 5) is 2.52. The van der Waals surface area contributed by atoms with Gasteiger partial charge >= 0.3 is 0 Å². The van der Waals surface area contributed by atoms with Gasteiger partial charge in [-0.15, -0.1) is 0 Å². The molecule has 1 heterocycles. The zero-order valence-electron chi connectivity index (χ0n) is 12.0. The Bertz CT molecular complexity index is 438. The third-order valence-electron chi connectivity index (χ3n) is 3.88. The topological polar surface area (TPSA) is 24.5 Å². The third kappa shape index (κ3) is 3.71. The van der Waals surface area contributed by atoms with Crippen LogP contribution in [0.5, 0.6) is 5.75 Å².